The standard InChI is InChI=1S/C16H24N2O/c1-7-9-14(12-18-6)15(19)16(3,4)13(2)10-8-11-17-5/h7-9,11-13H,5-6,10H2,1-4H3/b9-7-,11-8-,14-12+. The molecule has 0 heterocycles. The third-order valence-corrected chi connectivity index (χ3v) is 3.36. The zero-order valence-electron chi connectivity index (χ0n) is 12.4. The van der Waals surface area contributed by atoms with Crippen LogP contribution in [-0.2, 0) is 4.79 Å². The van der Waals surface area contributed by atoms with Gasteiger partial charge in [0.05, 0.1) is 0 Å². The number of Topliss-reactive ketones (excluding diaryl/α,β-unsaturated/α-hetero) is 1. The van der Waals surface area contributed by atoms with Gasteiger partial charge in [-0.15, -0.1) is 0 Å². The van der Waals surface area contributed by atoms with Crippen molar-refractivity contribution in [3.8, 4) is 0 Å². The van der Waals surface area contributed by atoms with Crippen molar-refractivity contribution in [1.82, 2.24) is 0 Å². The minimum absolute atomic E-state index is 0.0745. The number of carbonyl (C=O) groups is 1. The van der Waals surface area contributed by atoms with E-state index in [0.717, 1.165) is 6.42 Å². The summed E-state index contributed by atoms with van der Waals surface area (Å²) < 4.78 is 0. The van der Waals surface area contributed by atoms with E-state index in [1.165, 1.54) is 6.20 Å². The van der Waals surface area contributed by atoms with Gasteiger partial charge < -0.3 is 0 Å². The third-order valence-electron chi connectivity index (χ3n) is 3.36. The summed E-state index contributed by atoms with van der Waals surface area (Å²) in [6.45, 7) is 14.6. The van der Waals surface area contributed by atoms with Gasteiger partial charge in [-0.1, -0.05) is 39.0 Å². The highest BCUT2D eigenvalue weighted by atomic mass is 16.1. The number of carbonyl (C=O) groups excluding carboxylic acids is 1. The number of hydrogen-bond acceptors (Lipinski definition) is 3. The topological polar surface area (TPSA) is 41.8 Å². The maximum Gasteiger partial charge on any atom is 0.170 e. The van der Waals surface area contributed by atoms with Gasteiger partial charge in [-0.25, -0.2) is 0 Å². The van der Waals surface area contributed by atoms with Gasteiger partial charge in [0.15, 0.2) is 5.78 Å². The molecule has 0 aromatic heterocycles. The van der Waals surface area contributed by atoms with Crippen LogP contribution in [0.1, 0.15) is 34.1 Å². The van der Waals surface area contributed by atoms with Crippen molar-refractivity contribution in [2.24, 2.45) is 21.3 Å². The largest absolute Gasteiger partial charge is 0.294 e. The molecule has 3 heteroatoms. The molecule has 0 saturated heterocycles. The summed E-state index contributed by atoms with van der Waals surface area (Å²) in [6, 6.07) is 0. The molecular formula is C16H24N2O. The maximum atomic E-state index is 12.6. The predicted molar refractivity (Wildman–Crippen MR) is 83.7 cm³/mol. The van der Waals surface area contributed by atoms with Crippen LogP contribution in [0.3, 0.4) is 0 Å². The zero-order valence-corrected chi connectivity index (χ0v) is 12.4. The number of allylic oxidation sites excluding steroid dienone is 4. The van der Waals surface area contributed by atoms with E-state index in [9.17, 15) is 4.79 Å². The Morgan fingerprint density at radius 1 is 1.32 bits per heavy atom. The summed E-state index contributed by atoms with van der Waals surface area (Å²) in [5.74, 6) is 0.266. The molecule has 1 unspecified atom stereocenters. The SMILES string of the molecule is C=N/C=C\CC(C)C(C)(C)C(=O)C(/C=C\C)=C/N=C. The molecule has 0 rings (SSSR count). The molecule has 0 amide bonds. The summed E-state index contributed by atoms with van der Waals surface area (Å²) in [7, 11) is 0. The molecule has 1 atom stereocenters. The van der Waals surface area contributed by atoms with E-state index in [4.69, 9.17) is 0 Å². The predicted octanol–water partition coefficient (Wildman–Crippen LogP) is 3.98. The fourth-order valence-corrected chi connectivity index (χ4v) is 1.69. The molecule has 0 aromatic rings. The van der Waals surface area contributed by atoms with Gasteiger partial charge in [0, 0.05) is 23.4 Å². The highest BCUT2D eigenvalue weighted by Crippen LogP contribution is 2.33. The summed E-state index contributed by atoms with van der Waals surface area (Å²) in [6.07, 6.45) is 9.48. The zero-order chi connectivity index (χ0) is 14.9. The molecule has 0 bridgehead atoms. The minimum atomic E-state index is -0.471. The molecule has 0 aliphatic heterocycles. The van der Waals surface area contributed by atoms with Crippen molar-refractivity contribution < 1.29 is 4.79 Å². The Morgan fingerprint density at radius 3 is 2.42 bits per heavy atom. The average molecular weight is 260 g/mol. The highest BCUT2D eigenvalue weighted by molar-refractivity contribution is 6.01. The lowest BCUT2D eigenvalue weighted by atomic mass is 9.72. The molecule has 0 aromatic carbocycles. The van der Waals surface area contributed by atoms with Crippen LogP contribution < -0.4 is 0 Å². The van der Waals surface area contributed by atoms with Gasteiger partial charge in [0.2, 0.25) is 0 Å². The fraction of sp³-hybridized carbons (Fsp3) is 0.438. The smallest absolute Gasteiger partial charge is 0.170 e. The molecule has 104 valence electrons. The summed E-state index contributed by atoms with van der Waals surface area (Å²) in [5, 5.41) is 0. The first-order valence-corrected chi connectivity index (χ1v) is 6.36. The molecule has 0 saturated carbocycles. The lowest BCUT2D eigenvalue weighted by Gasteiger charge is -2.30. The quantitative estimate of drug-likeness (QED) is 0.370. The number of nitrogens with zero attached hydrogens (tertiary/aromatic N) is 2. The minimum Gasteiger partial charge on any atom is -0.294 e. The molecule has 3 nitrogen and oxygen atoms in total. The Hall–Kier alpha value is -1.77. The average Bonchev–Trinajstić information content (AvgIpc) is 2.37. The monoisotopic (exact) mass is 260 g/mol. The lowest BCUT2D eigenvalue weighted by Crippen LogP contribution is -2.32. The second-order valence-corrected chi connectivity index (χ2v) is 5.02. The van der Waals surface area contributed by atoms with Crippen molar-refractivity contribution >= 4 is 19.2 Å². The van der Waals surface area contributed by atoms with Crippen LogP contribution in [0.15, 0.2) is 46.2 Å². The third kappa shape index (κ3) is 5.16. The van der Waals surface area contributed by atoms with E-state index in [1.807, 2.05) is 32.9 Å². The van der Waals surface area contributed by atoms with Gasteiger partial charge in [0.25, 0.3) is 0 Å². The van der Waals surface area contributed by atoms with E-state index in [0.29, 0.717) is 5.57 Å². The van der Waals surface area contributed by atoms with Crippen LogP contribution in [0, 0.1) is 11.3 Å². The van der Waals surface area contributed by atoms with Crippen molar-refractivity contribution in [2.45, 2.75) is 34.1 Å². The van der Waals surface area contributed by atoms with Crippen LogP contribution in [0.2, 0.25) is 0 Å². The molecule has 0 N–H and O–H groups in total. The first-order chi connectivity index (χ1) is 8.91. The van der Waals surface area contributed by atoms with Crippen molar-refractivity contribution in [1.29, 1.82) is 0 Å². The Kier molecular flexibility index (Phi) is 7.57. The molecule has 0 fully saturated rings. The van der Waals surface area contributed by atoms with Crippen molar-refractivity contribution in [2.75, 3.05) is 0 Å². The Morgan fingerprint density at radius 2 is 1.95 bits per heavy atom. The van der Waals surface area contributed by atoms with Crippen LogP contribution in [0.4, 0.5) is 0 Å². The van der Waals surface area contributed by atoms with E-state index in [2.05, 4.69) is 30.3 Å². The van der Waals surface area contributed by atoms with E-state index in [1.54, 1.807) is 12.3 Å². The van der Waals surface area contributed by atoms with Gasteiger partial charge in [-0.3, -0.25) is 14.8 Å². The van der Waals surface area contributed by atoms with Crippen LogP contribution in [-0.4, -0.2) is 19.2 Å². The van der Waals surface area contributed by atoms with Gasteiger partial charge in [-0.2, -0.15) is 0 Å². The first-order valence-electron chi connectivity index (χ1n) is 6.36. The maximum absolute atomic E-state index is 12.6. The normalized spacial score (nSPS) is 14.8. The fourth-order valence-electron chi connectivity index (χ4n) is 1.69. The first kappa shape index (κ1) is 17.2. The van der Waals surface area contributed by atoms with E-state index < -0.39 is 5.41 Å². The molecule has 0 spiro atoms. The second kappa shape index (κ2) is 8.35. The molecule has 0 aliphatic carbocycles. The summed E-state index contributed by atoms with van der Waals surface area (Å²) in [4.78, 5) is 19.9. The van der Waals surface area contributed by atoms with E-state index >= 15 is 0 Å². The molecular weight excluding hydrogens is 236 g/mol. The van der Waals surface area contributed by atoms with Crippen LogP contribution >= 0.6 is 0 Å². The van der Waals surface area contributed by atoms with Gasteiger partial charge in [0.1, 0.15) is 0 Å². The number of ketones is 1. The number of aliphatic imine (C=N–C) groups is 2. The van der Waals surface area contributed by atoms with Crippen LogP contribution in [0.5, 0.6) is 0 Å². The Labute approximate surface area is 116 Å². The van der Waals surface area contributed by atoms with Gasteiger partial charge >= 0.3 is 0 Å². The lowest BCUT2D eigenvalue weighted by molar-refractivity contribution is -0.125. The van der Waals surface area contributed by atoms with E-state index in [-0.39, 0.29) is 11.7 Å². The Bertz CT molecular complexity index is 414. The molecule has 0 radical (unpaired) electrons. The van der Waals surface area contributed by atoms with Crippen LogP contribution in [0.25, 0.3) is 0 Å². The summed E-state index contributed by atoms with van der Waals surface area (Å²) >= 11 is 0. The molecule has 0 aliphatic rings. The van der Waals surface area contributed by atoms with Crippen molar-refractivity contribution in [3.05, 3.63) is 36.2 Å². The van der Waals surface area contributed by atoms with Crippen molar-refractivity contribution in [3.63, 3.8) is 0 Å². The summed E-state index contributed by atoms with van der Waals surface area (Å²) in [5.41, 5.74) is 0.113. The molecule has 19 heavy (non-hydrogen) atoms. The second-order valence-electron chi connectivity index (χ2n) is 5.02. The number of hydrogen-bond donors (Lipinski definition) is 0. The Balaban J connectivity index is 5.10. The van der Waals surface area contributed by atoms with Gasteiger partial charge in [-0.05, 0) is 32.7 Å². The highest BCUT2D eigenvalue weighted by Gasteiger charge is 2.34. The number of rotatable bonds is 8.